The molecule has 0 amide bonds. The maximum Gasteiger partial charge on any atom is 0.119 e. The monoisotopic (exact) mass is 282 g/mol. The summed E-state index contributed by atoms with van der Waals surface area (Å²) in [6.07, 6.45) is -0.535. The number of nitrogen functional groups attached to an aromatic ring is 1. The van der Waals surface area contributed by atoms with E-state index in [2.05, 4.69) is 18.7 Å². The van der Waals surface area contributed by atoms with Gasteiger partial charge in [0.25, 0.3) is 0 Å². The van der Waals surface area contributed by atoms with E-state index in [1.54, 1.807) is 31.4 Å². The third kappa shape index (κ3) is 6.23. The van der Waals surface area contributed by atoms with E-state index in [1.807, 2.05) is 0 Å². The fourth-order valence-corrected chi connectivity index (χ4v) is 1.85. The van der Waals surface area contributed by atoms with E-state index in [9.17, 15) is 5.11 Å². The van der Waals surface area contributed by atoms with Gasteiger partial charge >= 0.3 is 0 Å². The molecule has 20 heavy (non-hydrogen) atoms. The van der Waals surface area contributed by atoms with Crippen LogP contribution in [-0.4, -0.2) is 55.6 Å². The molecule has 0 saturated carbocycles. The molecule has 0 aliphatic rings. The predicted molar refractivity (Wildman–Crippen MR) is 80.9 cm³/mol. The summed E-state index contributed by atoms with van der Waals surface area (Å²) in [5, 5.41) is 10.1. The largest absolute Gasteiger partial charge is 0.491 e. The average molecular weight is 282 g/mol. The molecule has 0 bridgehead atoms. The Morgan fingerprint density at radius 1 is 1.25 bits per heavy atom. The molecule has 0 aliphatic carbocycles. The summed E-state index contributed by atoms with van der Waals surface area (Å²) in [5.41, 5.74) is 6.30. The van der Waals surface area contributed by atoms with Crippen LogP contribution in [0.5, 0.6) is 5.75 Å². The highest BCUT2D eigenvalue weighted by Gasteiger charge is 2.15. The van der Waals surface area contributed by atoms with Gasteiger partial charge in [-0.15, -0.1) is 0 Å². The number of rotatable bonds is 9. The zero-order chi connectivity index (χ0) is 15.0. The Balaban J connectivity index is 2.37. The summed E-state index contributed by atoms with van der Waals surface area (Å²) >= 11 is 0. The van der Waals surface area contributed by atoms with Gasteiger partial charge in [-0.05, 0) is 38.1 Å². The van der Waals surface area contributed by atoms with Crippen molar-refractivity contribution in [3.63, 3.8) is 0 Å². The number of ether oxygens (including phenoxy) is 2. The first-order valence-corrected chi connectivity index (χ1v) is 6.92. The molecule has 114 valence electrons. The fraction of sp³-hybridized carbons (Fsp3) is 0.600. The van der Waals surface area contributed by atoms with E-state index < -0.39 is 6.10 Å². The molecule has 0 spiro atoms. The minimum Gasteiger partial charge on any atom is -0.491 e. The summed E-state index contributed by atoms with van der Waals surface area (Å²) in [6.45, 7) is 6.49. The van der Waals surface area contributed by atoms with Crippen molar-refractivity contribution in [2.24, 2.45) is 0 Å². The van der Waals surface area contributed by atoms with Crippen LogP contribution in [0.1, 0.15) is 13.8 Å². The summed E-state index contributed by atoms with van der Waals surface area (Å²) in [6, 6.07) is 7.51. The van der Waals surface area contributed by atoms with Crippen LogP contribution >= 0.6 is 0 Å². The Hall–Kier alpha value is -1.30. The van der Waals surface area contributed by atoms with Gasteiger partial charge in [0.2, 0.25) is 0 Å². The second kappa shape index (κ2) is 8.79. The smallest absolute Gasteiger partial charge is 0.119 e. The Morgan fingerprint density at radius 2 is 1.90 bits per heavy atom. The number of hydrogen-bond donors (Lipinski definition) is 2. The van der Waals surface area contributed by atoms with E-state index >= 15 is 0 Å². The summed E-state index contributed by atoms with van der Waals surface area (Å²) < 4.78 is 10.6. The first kappa shape index (κ1) is 16.8. The van der Waals surface area contributed by atoms with Gasteiger partial charge < -0.3 is 20.3 Å². The molecule has 1 aromatic carbocycles. The van der Waals surface area contributed by atoms with Crippen LogP contribution in [0.2, 0.25) is 0 Å². The molecule has 1 unspecified atom stereocenters. The van der Waals surface area contributed by atoms with E-state index in [1.165, 1.54) is 0 Å². The van der Waals surface area contributed by atoms with Crippen molar-refractivity contribution in [1.82, 2.24) is 4.90 Å². The summed E-state index contributed by atoms with van der Waals surface area (Å²) in [5.74, 6) is 0.714. The fourth-order valence-electron chi connectivity index (χ4n) is 1.85. The van der Waals surface area contributed by atoms with Gasteiger partial charge in [0.05, 0.1) is 6.61 Å². The first-order chi connectivity index (χ1) is 9.52. The van der Waals surface area contributed by atoms with Gasteiger partial charge in [-0.25, -0.2) is 0 Å². The van der Waals surface area contributed by atoms with Crippen molar-refractivity contribution in [3.8, 4) is 5.75 Å². The first-order valence-electron chi connectivity index (χ1n) is 6.92. The normalized spacial score (nSPS) is 12.9. The molecule has 0 fully saturated rings. The number of aliphatic hydroxyl groups is 1. The van der Waals surface area contributed by atoms with E-state index in [0.29, 0.717) is 30.6 Å². The zero-order valence-corrected chi connectivity index (χ0v) is 12.6. The SMILES string of the molecule is COCCN(CC(O)COc1ccc(N)cc1)C(C)C. The number of benzene rings is 1. The van der Waals surface area contributed by atoms with E-state index in [4.69, 9.17) is 15.2 Å². The Labute approximate surface area is 121 Å². The predicted octanol–water partition coefficient (Wildman–Crippen LogP) is 1.37. The van der Waals surface area contributed by atoms with Crippen molar-refractivity contribution < 1.29 is 14.6 Å². The number of aliphatic hydroxyl groups excluding tert-OH is 1. The summed E-state index contributed by atoms with van der Waals surface area (Å²) in [4.78, 5) is 2.17. The molecule has 1 rings (SSSR count). The molecule has 0 heterocycles. The lowest BCUT2D eigenvalue weighted by atomic mass is 10.2. The minimum atomic E-state index is -0.535. The van der Waals surface area contributed by atoms with Crippen molar-refractivity contribution in [2.45, 2.75) is 26.0 Å². The topological polar surface area (TPSA) is 68.0 Å². The molecule has 1 aromatic rings. The van der Waals surface area contributed by atoms with Crippen LogP contribution in [0, 0.1) is 0 Å². The second-order valence-electron chi connectivity index (χ2n) is 5.12. The number of hydrogen-bond acceptors (Lipinski definition) is 5. The van der Waals surface area contributed by atoms with Crippen LogP contribution in [0.4, 0.5) is 5.69 Å². The molecule has 0 saturated heterocycles. The van der Waals surface area contributed by atoms with Crippen LogP contribution in [0.25, 0.3) is 0 Å². The molecule has 0 aliphatic heterocycles. The van der Waals surface area contributed by atoms with Crippen LogP contribution in [0.15, 0.2) is 24.3 Å². The highest BCUT2D eigenvalue weighted by molar-refractivity contribution is 5.41. The quantitative estimate of drug-likeness (QED) is 0.670. The molecule has 3 N–H and O–H groups in total. The molecular formula is C15H26N2O3. The zero-order valence-electron chi connectivity index (χ0n) is 12.6. The Morgan fingerprint density at radius 3 is 2.45 bits per heavy atom. The van der Waals surface area contributed by atoms with Gasteiger partial charge in [-0.1, -0.05) is 0 Å². The van der Waals surface area contributed by atoms with Crippen LogP contribution < -0.4 is 10.5 Å². The highest BCUT2D eigenvalue weighted by Crippen LogP contribution is 2.13. The highest BCUT2D eigenvalue weighted by atomic mass is 16.5. The molecular weight excluding hydrogens is 256 g/mol. The van der Waals surface area contributed by atoms with Gasteiger partial charge in [-0.2, -0.15) is 0 Å². The standard InChI is InChI=1S/C15H26N2O3/c1-12(2)17(8-9-19-3)10-14(18)11-20-15-6-4-13(16)5-7-15/h4-7,12,14,18H,8-11,16H2,1-3H3. The lowest BCUT2D eigenvalue weighted by molar-refractivity contribution is 0.0453. The van der Waals surface area contributed by atoms with Gasteiger partial charge in [0, 0.05) is 31.9 Å². The number of nitrogens with zero attached hydrogens (tertiary/aromatic N) is 1. The molecule has 0 radical (unpaired) electrons. The van der Waals surface area contributed by atoms with E-state index in [0.717, 1.165) is 6.54 Å². The number of anilines is 1. The molecule has 5 heteroatoms. The van der Waals surface area contributed by atoms with Crippen molar-refractivity contribution >= 4 is 5.69 Å². The van der Waals surface area contributed by atoms with Gasteiger partial charge in [0.1, 0.15) is 18.5 Å². The summed E-state index contributed by atoms with van der Waals surface area (Å²) in [7, 11) is 1.68. The Kier molecular flexibility index (Phi) is 7.36. The lowest BCUT2D eigenvalue weighted by Crippen LogP contribution is -2.41. The van der Waals surface area contributed by atoms with E-state index in [-0.39, 0.29) is 6.61 Å². The maximum absolute atomic E-state index is 10.1. The van der Waals surface area contributed by atoms with Crippen LogP contribution in [0.3, 0.4) is 0 Å². The van der Waals surface area contributed by atoms with Gasteiger partial charge in [-0.3, -0.25) is 4.90 Å². The number of methoxy groups -OCH3 is 1. The maximum atomic E-state index is 10.1. The number of nitrogens with two attached hydrogens (primary N) is 1. The third-order valence-electron chi connectivity index (χ3n) is 3.08. The van der Waals surface area contributed by atoms with Crippen LogP contribution in [-0.2, 0) is 4.74 Å². The second-order valence-corrected chi connectivity index (χ2v) is 5.12. The van der Waals surface area contributed by atoms with Crippen molar-refractivity contribution in [3.05, 3.63) is 24.3 Å². The molecule has 1 atom stereocenters. The van der Waals surface area contributed by atoms with Gasteiger partial charge in [0.15, 0.2) is 0 Å². The van der Waals surface area contributed by atoms with Crippen molar-refractivity contribution in [2.75, 3.05) is 39.1 Å². The Bertz CT molecular complexity index is 368. The molecule has 0 aromatic heterocycles. The lowest BCUT2D eigenvalue weighted by Gasteiger charge is -2.28. The molecule has 5 nitrogen and oxygen atoms in total. The average Bonchev–Trinajstić information content (AvgIpc) is 2.42. The third-order valence-corrected chi connectivity index (χ3v) is 3.08. The minimum absolute atomic E-state index is 0.264. The van der Waals surface area contributed by atoms with Crippen molar-refractivity contribution in [1.29, 1.82) is 0 Å².